The van der Waals surface area contributed by atoms with Gasteiger partial charge in [0.1, 0.15) is 0 Å². The van der Waals surface area contributed by atoms with Gasteiger partial charge in [0.15, 0.2) is 0 Å². The predicted molar refractivity (Wildman–Crippen MR) is 91.5 cm³/mol. The van der Waals surface area contributed by atoms with Crippen molar-refractivity contribution in [1.29, 1.82) is 0 Å². The summed E-state index contributed by atoms with van der Waals surface area (Å²) >= 11 is 5.82. The second-order valence-electron chi connectivity index (χ2n) is 5.83. The molecule has 0 saturated heterocycles. The summed E-state index contributed by atoms with van der Waals surface area (Å²) in [4.78, 5) is 37.4. The number of hydrogen-bond donors (Lipinski definition) is 1. The Labute approximate surface area is 156 Å². The van der Waals surface area contributed by atoms with Crippen molar-refractivity contribution in [2.75, 3.05) is 11.9 Å². The molecule has 3 rings (SSSR count). The van der Waals surface area contributed by atoms with E-state index in [-0.39, 0.29) is 29.8 Å². The number of hydrogen-bond acceptors (Lipinski definition) is 3. The van der Waals surface area contributed by atoms with E-state index in [0.717, 1.165) is 17.0 Å². The van der Waals surface area contributed by atoms with Gasteiger partial charge in [0.25, 0.3) is 11.8 Å². The third-order valence-electron chi connectivity index (χ3n) is 3.97. The van der Waals surface area contributed by atoms with Gasteiger partial charge in [0.2, 0.25) is 5.91 Å². The minimum absolute atomic E-state index is 0.0241. The Bertz CT molecular complexity index is 944. The number of fused-ring (bicyclic) bond motifs is 1. The molecule has 0 unspecified atom stereocenters. The van der Waals surface area contributed by atoms with Crippen molar-refractivity contribution in [3.63, 3.8) is 0 Å². The molecule has 0 fully saturated rings. The summed E-state index contributed by atoms with van der Waals surface area (Å²) in [5.41, 5.74) is -0.560. The molecule has 9 heteroatoms. The lowest BCUT2D eigenvalue weighted by molar-refractivity contribution is -0.137. The van der Waals surface area contributed by atoms with Crippen LogP contribution >= 0.6 is 11.6 Å². The van der Waals surface area contributed by atoms with Crippen molar-refractivity contribution >= 4 is 35.0 Å². The minimum atomic E-state index is -4.53. The molecule has 0 saturated carbocycles. The fourth-order valence-electron chi connectivity index (χ4n) is 2.68. The maximum Gasteiger partial charge on any atom is 0.416 e. The van der Waals surface area contributed by atoms with Crippen LogP contribution < -0.4 is 5.32 Å². The fraction of sp³-hybridized carbons (Fsp3) is 0.167. The van der Waals surface area contributed by atoms with E-state index in [9.17, 15) is 27.6 Å². The van der Waals surface area contributed by atoms with Crippen molar-refractivity contribution < 1.29 is 27.6 Å². The number of amides is 3. The molecule has 27 heavy (non-hydrogen) atoms. The summed E-state index contributed by atoms with van der Waals surface area (Å²) in [6.45, 7) is -0.200. The first-order valence-electron chi connectivity index (χ1n) is 7.79. The average Bonchev–Trinajstić information content (AvgIpc) is 2.83. The van der Waals surface area contributed by atoms with Gasteiger partial charge in [-0.15, -0.1) is 0 Å². The van der Waals surface area contributed by atoms with Gasteiger partial charge in [-0.1, -0.05) is 17.7 Å². The highest BCUT2D eigenvalue weighted by molar-refractivity contribution is 6.32. The van der Waals surface area contributed by atoms with Gasteiger partial charge in [-0.3, -0.25) is 19.3 Å². The first-order chi connectivity index (χ1) is 12.7. The summed E-state index contributed by atoms with van der Waals surface area (Å²) in [5, 5.41) is 2.63. The SMILES string of the molecule is O=C(CCN1C(=O)c2ccc(Cl)cc2C1=O)Nc1cccc(C(F)(F)F)c1. The quantitative estimate of drug-likeness (QED) is 0.795. The molecule has 1 heterocycles. The first-order valence-corrected chi connectivity index (χ1v) is 8.17. The summed E-state index contributed by atoms with van der Waals surface area (Å²) < 4.78 is 38.1. The van der Waals surface area contributed by atoms with Crippen molar-refractivity contribution in [3.8, 4) is 0 Å². The maximum absolute atomic E-state index is 12.7. The second-order valence-corrected chi connectivity index (χ2v) is 6.27. The molecule has 3 amide bonds. The van der Waals surface area contributed by atoms with Crippen LogP contribution in [0.3, 0.4) is 0 Å². The third-order valence-corrected chi connectivity index (χ3v) is 4.20. The molecule has 1 aliphatic heterocycles. The van der Waals surface area contributed by atoms with Crippen LogP contribution in [0.25, 0.3) is 0 Å². The van der Waals surface area contributed by atoms with E-state index < -0.39 is 29.5 Å². The highest BCUT2D eigenvalue weighted by Gasteiger charge is 2.35. The lowest BCUT2D eigenvalue weighted by Gasteiger charge is -2.14. The van der Waals surface area contributed by atoms with E-state index in [1.165, 1.54) is 30.3 Å². The van der Waals surface area contributed by atoms with Gasteiger partial charge >= 0.3 is 6.18 Å². The Hall–Kier alpha value is -2.87. The molecular weight excluding hydrogens is 385 g/mol. The second kappa shape index (κ2) is 7.03. The summed E-state index contributed by atoms with van der Waals surface area (Å²) in [6.07, 6.45) is -4.78. The number of alkyl halides is 3. The fourth-order valence-corrected chi connectivity index (χ4v) is 2.85. The molecule has 2 aromatic carbocycles. The highest BCUT2D eigenvalue weighted by atomic mass is 35.5. The summed E-state index contributed by atoms with van der Waals surface area (Å²) in [5.74, 6) is -1.73. The molecule has 0 aliphatic carbocycles. The van der Waals surface area contributed by atoms with E-state index in [1.807, 2.05) is 0 Å². The van der Waals surface area contributed by atoms with E-state index in [4.69, 9.17) is 11.6 Å². The number of carbonyl (C=O) groups is 3. The molecule has 0 atom stereocenters. The monoisotopic (exact) mass is 396 g/mol. The van der Waals surface area contributed by atoms with Gasteiger partial charge in [0, 0.05) is 23.7 Å². The normalized spacial score (nSPS) is 13.7. The van der Waals surface area contributed by atoms with Crippen LogP contribution in [-0.2, 0) is 11.0 Å². The Balaban J connectivity index is 1.64. The highest BCUT2D eigenvalue weighted by Crippen LogP contribution is 2.31. The van der Waals surface area contributed by atoms with Crippen LogP contribution in [0.2, 0.25) is 5.02 Å². The van der Waals surface area contributed by atoms with Crippen molar-refractivity contribution in [3.05, 3.63) is 64.2 Å². The zero-order valence-electron chi connectivity index (χ0n) is 13.6. The molecule has 0 spiro atoms. The summed E-state index contributed by atoms with van der Waals surface area (Å²) in [7, 11) is 0. The van der Waals surface area contributed by atoms with Crippen molar-refractivity contribution in [2.24, 2.45) is 0 Å². The first kappa shape index (κ1) is 18.9. The third kappa shape index (κ3) is 3.95. The molecule has 0 aromatic heterocycles. The Morgan fingerprint density at radius 2 is 1.74 bits per heavy atom. The van der Waals surface area contributed by atoms with Gasteiger partial charge in [0.05, 0.1) is 16.7 Å². The molecule has 2 aromatic rings. The number of halogens is 4. The summed E-state index contributed by atoms with van der Waals surface area (Å²) in [6, 6.07) is 8.47. The van der Waals surface area contributed by atoms with E-state index >= 15 is 0 Å². The van der Waals surface area contributed by atoms with Gasteiger partial charge in [-0.05, 0) is 36.4 Å². The largest absolute Gasteiger partial charge is 0.416 e. The number of imide groups is 1. The molecule has 0 bridgehead atoms. The van der Waals surface area contributed by atoms with E-state index in [0.29, 0.717) is 5.02 Å². The zero-order valence-corrected chi connectivity index (χ0v) is 14.4. The van der Waals surface area contributed by atoms with Crippen LogP contribution in [0.5, 0.6) is 0 Å². The molecule has 1 N–H and O–H groups in total. The zero-order chi connectivity index (χ0) is 19.8. The molecule has 0 radical (unpaired) electrons. The molecule has 140 valence electrons. The van der Waals surface area contributed by atoms with E-state index in [1.54, 1.807) is 0 Å². The van der Waals surface area contributed by atoms with Gasteiger partial charge in [-0.2, -0.15) is 13.2 Å². The number of rotatable bonds is 4. The number of benzene rings is 2. The lowest BCUT2D eigenvalue weighted by Crippen LogP contribution is -2.32. The average molecular weight is 397 g/mol. The van der Waals surface area contributed by atoms with Crippen LogP contribution in [0.15, 0.2) is 42.5 Å². The van der Waals surface area contributed by atoms with Crippen LogP contribution in [0.1, 0.15) is 32.7 Å². The Kier molecular flexibility index (Phi) is 4.93. The number of anilines is 1. The maximum atomic E-state index is 12.7. The van der Waals surface area contributed by atoms with Crippen molar-refractivity contribution in [1.82, 2.24) is 4.90 Å². The predicted octanol–water partition coefficient (Wildman–Crippen LogP) is 3.98. The van der Waals surface area contributed by atoms with Gasteiger partial charge in [-0.25, -0.2) is 0 Å². The Morgan fingerprint density at radius 3 is 2.44 bits per heavy atom. The minimum Gasteiger partial charge on any atom is -0.326 e. The van der Waals surface area contributed by atoms with Gasteiger partial charge < -0.3 is 5.32 Å². The number of carbonyl (C=O) groups excluding carboxylic acids is 3. The number of nitrogens with one attached hydrogen (secondary N) is 1. The molecular formula is C18H12ClF3N2O3. The standard InChI is InChI=1S/C18H12ClF3N2O3/c19-11-4-5-13-14(9-11)17(27)24(16(13)26)7-6-15(25)23-12-3-1-2-10(8-12)18(20,21)22/h1-5,8-9H,6-7H2,(H,23,25). The van der Waals surface area contributed by atoms with Crippen LogP contribution in [0, 0.1) is 0 Å². The van der Waals surface area contributed by atoms with Crippen LogP contribution in [0.4, 0.5) is 18.9 Å². The smallest absolute Gasteiger partial charge is 0.326 e. The van der Waals surface area contributed by atoms with Crippen molar-refractivity contribution in [2.45, 2.75) is 12.6 Å². The van der Waals surface area contributed by atoms with Crippen LogP contribution in [-0.4, -0.2) is 29.2 Å². The van der Waals surface area contributed by atoms with E-state index in [2.05, 4.69) is 5.32 Å². The number of nitrogens with zero attached hydrogens (tertiary/aromatic N) is 1. The molecule has 1 aliphatic rings. The Morgan fingerprint density at radius 1 is 1.04 bits per heavy atom. The molecule has 5 nitrogen and oxygen atoms in total. The lowest BCUT2D eigenvalue weighted by atomic mass is 10.1. The topological polar surface area (TPSA) is 66.5 Å².